The van der Waals surface area contributed by atoms with Crippen LogP contribution in [0.25, 0.3) is 0 Å². The van der Waals surface area contributed by atoms with Gasteiger partial charge in [-0.3, -0.25) is 4.79 Å². The predicted molar refractivity (Wildman–Crippen MR) is 82.4 cm³/mol. The number of carbonyl (C=O) groups excluding carboxylic acids is 1. The smallest absolute Gasteiger partial charge is 0.261 e. The van der Waals surface area contributed by atoms with Gasteiger partial charge >= 0.3 is 0 Å². The molecular formula is C14H20ClNO4S. The molecule has 1 aromatic carbocycles. The van der Waals surface area contributed by atoms with Crippen LogP contribution in [-0.2, 0) is 19.3 Å². The largest absolute Gasteiger partial charge is 0.493 e. The molecule has 0 bridgehead atoms. The minimum absolute atomic E-state index is 0.0349. The SMILES string of the molecule is CNC(=O)CCOc1ccc(S(=O)(=O)Cl)cc1C(C)(C)C. The maximum Gasteiger partial charge on any atom is 0.261 e. The van der Waals surface area contributed by atoms with Gasteiger partial charge in [0, 0.05) is 23.3 Å². The molecule has 5 nitrogen and oxygen atoms in total. The second-order valence-corrected chi connectivity index (χ2v) is 8.18. The highest BCUT2D eigenvalue weighted by Gasteiger charge is 2.22. The van der Waals surface area contributed by atoms with Crippen molar-refractivity contribution >= 4 is 25.6 Å². The summed E-state index contributed by atoms with van der Waals surface area (Å²) in [4.78, 5) is 11.2. The average molecular weight is 334 g/mol. The maximum absolute atomic E-state index is 11.4. The topological polar surface area (TPSA) is 72.5 Å². The first-order valence-electron chi connectivity index (χ1n) is 6.48. The zero-order valence-electron chi connectivity index (χ0n) is 12.6. The number of nitrogens with one attached hydrogen (secondary N) is 1. The molecule has 0 heterocycles. The van der Waals surface area contributed by atoms with E-state index in [-0.39, 0.29) is 29.2 Å². The zero-order chi connectivity index (χ0) is 16.3. The summed E-state index contributed by atoms with van der Waals surface area (Å²) in [5, 5.41) is 2.51. The average Bonchev–Trinajstić information content (AvgIpc) is 2.36. The van der Waals surface area contributed by atoms with Crippen molar-refractivity contribution in [2.75, 3.05) is 13.7 Å². The van der Waals surface area contributed by atoms with Crippen LogP contribution < -0.4 is 10.1 Å². The molecule has 0 saturated carbocycles. The van der Waals surface area contributed by atoms with E-state index >= 15 is 0 Å². The normalized spacial score (nSPS) is 12.0. The van der Waals surface area contributed by atoms with Gasteiger partial charge in [0.15, 0.2) is 0 Å². The second-order valence-electron chi connectivity index (χ2n) is 5.62. The van der Waals surface area contributed by atoms with Gasteiger partial charge in [-0.25, -0.2) is 8.42 Å². The monoisotopic (exact) mass is 333 g/mol. The lowest BCUT2D eigenvalue weighted by Crippen LogP contribution is -2.21. The lowest BCUT2D eigenvalue weighted by molar-refractivity contribution is -0.121. The Hall–Kier alpha value is -1.27. The van der Waals surface area contributed by atoms with Crippen molar-refractivity contribution in [1.82, 2.24) is 5.32 Å². The summed E-state index contributed by atoms with van der Waals surface area (Å²) >= 11 is 0. The van der Waals surface area contributed by atoms with Gasteiger partial charge in [-0.2, -0.15) is 0 Å². The molecular weight excluding hydrogens is 314 g/mol. The molecule has 0 aliphatic carbocycles. The summed E-state index contributed by atoms with van der Waals surface area (Å²) < 4.78 is 28.5. The van der Waals surface area contributed by atoms with E-state index in [9.17, 15) is 13.2 Å². The van der Waals surface area contributed by atoms with Crippen LogP contribution in [-0.4, -0.2) is 28.0 Å². The number of halogens is 1. The zero-order valence-corrected chi connectivity index (χ0v) is 14.1. The summed E-state index contributed by atoms with van der Waals surface area (Å²) in [6.07, 6.45) is 0.232. The third-order valence-electron chi connectivity index (χ3n) is 2.91. The number of hydrogen-bond acceptors (Lipinski definition) is 4. The van der Waals surface area contributed by atoms with Crippen molar-refractivity contribution in [3.8, 4) is 5.75 Å². The molecule has 1 aromatic rings. The van der Waals surface area contributed by atoms with E-state index < -0.39 is 9.05 Å². The highest BCUT2D eigenvalue weighted by atomic mass is 35.7. The minimum atomic E-state index is -3.79. The molecule has 7 heteroatoms. The predicted octanol–water partition coefficient (Wildman–Crippen LogP) is 2.43. The third kappa shape index (κ3) is 5.21. The molecule has 1 rings (SSSR count). The van der Waals surface area contributed by atoms with Crippen LogP contribution in [0.1, 0.15) is 32.8 Å². The molecule has 1 amide bonds. The number of rotatable bonds is 5. The Balaban J connectivity index is 3.06. The molecule has 0 fully saturated rings. The Morgan fingerprint density at radius 2 is 1.95 bits per heavy atom. The highest BCUT2D eigenvalue weighted by molar-refractivity contribution is 8.13. The van der Waals surface area contributed by atoms with Crippen LogP contribution in [0.4, 0.5) is 0 Å². The molecule has 0 radical (unpaired) electrons. The van der Waals surface area contributed by atoms with E-state index in [0.717, 1.165) is 5.56 Å². The minimum Gasteiger partial charge on any atom is -0.493 e. The quantitative estimate of drug-likeness (QED) is 0.840. The Kier molecular flexibility index (Phi) is 5.64. The van der Waals surface area contributed by atoms with Crippen molar-refractivity contribution < 1.29 is 17.9 Å². The number of hydrogen-bond donors (Lipinski definition) is 1. The molecule has 0 spiro atoms. The van der Waals surface area contributed by atoms with Gasteiger partial charge in [-0.1, -0.05) is 20.8 Å². The Morgan fingerprint density at radius 3 is 2.43 bits per heavy atom. The Bertz CT molecular complexity index is 620. The molecule has 0 aliphatic rings. The summed E-state index contributed by atoms with van der Waals surface area (Å²) in [5.41, 5.74) is 0.404. The van der Waals surface area contributed by atoms with Crippen molar-refractivity contribution in [2.45, 2.75) is 37.5 Å². The van der Waals surface area contributed by atoms with Gasteiger partial charge in [-0.15, -0.1) is 0 Å². The number of amides is 1. The summed E-state index contributed by atoms with van der Waals surface area (Å²) in [6.45, 7) is 6.05. The summed E-state index contributed by atoms with van der Waals surface area (Å²) in [6, 6.07) is 4.48. The van der Waals surface area contributed by atoms with E-state index in [1.54, 1.807) is 13.1 Å². The van der Waals surface area contributed by atoms with Crippen LogP contribution in [0.3, 0.4) is 0 Å². The van der Waals surface area contributed by atoms with Gasteiger partial charge < -0.3 is 10.1 Å². The molecule has 0 aromatic heterocycles. The van der Waals surface area contributed by atoms with E-state index in [0.29, 0.717) is 5.75 Å². The molecule has 1 N–H and O–H groups in total. The van der Waals surface area contributed by atoms with Crippen molar-refractivity contribution in [2.24, 2.45) is 0 Å². The first-order valence-corrected chi connectivity index (χ1v) is 8.79. The van der Waals surface area contributed by atoms with E-state index in [4.69, 9.17) is 15.4 Å². The van der Waals surface area contributed by atoms with Gasteiger partial charge in [-0.05, 0) is 23.6 Å². The van der Waals surface area contributed by atoms with Crippen molar-refractivity contribution in [3.05, 3.63) is 23.8 Å². The van der Waals surface area contributed by atoms with Crippen molar-refractivity contribution in [1.29, 1.82) is 0 Å². The fourth-order valence-electron chi connectivity index (χ4n) is 1.75. The first kappa shape index (κ1) is 17.8. The molecule has 0 aliphatic heterocycles. The number of benzene rings is 1. The maximum atomic E-state index is 11.4. The van der Waals surface area contributed by atoms with Gasteiger partial charge in [0.2, 0.25) is 5.91 Å². The standard InChI is InChI=1S/C14H20ClNO4S/c1-14(2,3)11-9-10(21(15,18)19)5-6-12(11)20-8-7-13(17)16-4/h5-6,9H,7-8H2,1-4H3,(H,16,17). The molecule has 21 heavy (non-hydrogen) atoms. The van der Waals surface area contributed by atoms with Crippen molar-refractivity contribution in [3.63, 3.8) is 0 Å². The van der Waals surface area contributed by atoms with E-state index in [1.165, 1.54) is 12.1 Å². The van der Waals surface area contributed by atoms with Crippen LogP contribution in [0.5, 0.6) is 5.75 Å². The van der Waals surface area contributed by atoms with Crippen LogP contribution in [0.15, 0.2) is 23.1 Å². The van der Waals surface area contributed by atoms with Crippen LogP contribution in [0.2, 0.25) is 0 Å². The van der Waals surface area contributed by atoms with Gasteiger partial charge in [0.05, 0.1) is 17.9 Å². The van der Waals surface area contributed by atoms with Crippen LogP contribution in [0, 0.1) is 0 Å². The summed E-state index contributed by atoms with van der Waals surface area (Å²) in [5.74, 6) is 0.433. The molecule has 0 saturated heterocycles. The third-order valence-corrected chi connectivity index (χ3v) is 4.26. The van der Waals surface area contributed by atoms with Gasteiger partial charge in [0.1, 0.15) is 5.75 Å². The van der Waals surface area contributed by atoms with E-state index in [1.807, 2.05) is 20.8 Å². The fourth-order valence-corrected chi connectivity index (χ4v) is 2.53. The summed E-state index contributed by atoms with van der Waals surface area (Å²) in [7, 11) is 3.15. The van der Waals surface area contributed by atoms with E-state index in [2.05, 4.69) is 5.32 Å². The molecule has 0 atom stereocenters. The second kappa shape index (κ2) is 6.66. The van der Waals surface area contributed by atoms with Gasteiger partial charge in [0.25, 0.3) is 9.05 Å². The molecule has 118 valence electrons. The lowest BCUT2D eigenvalue weighted by atomic mass is 9.86. The Labute approximate surface area is 130 Å². The fraction of sp³-hybridized carbons (Fsp3) is 0.500. The lowest BCUT2D eigenvalue weighted by Gasteiger charge is -2.23. The molecule has 0 unspecified atom stereocenters. The highest BCUT2D eigenvalue weighted by Crippen LogP contribution is 2.34. The first-order chi connectivity index (χ1) is 9.55. The Morgan fingerprint density at radius 1 is 1.33 bits per heavy atom. The number of ether oxygens (including phenoxy) is 1. The number of carbonyl (C=O) groups is 1. The van der Waals surface area contributed by atoms with Crippen LogP contribution >= 0.6 is 10.7 Å².